The third-order valence-electron chi connectivity index (χ3n) is 3.42. The van der Waals surface area contributed by atoms with E-state index >= 15 is 0 Å². The van der Waals surface area contributed by atoms with E-state index in [1.165, 1.54) is 18.4 Å². The van der Waals surface area contributed by atoms with E-state index < -0.39 is 7.12 Å². The molecule has 1 aliphatic rings. The number of nitrogens with zero attached hydrogens (tertiary/aromatic N) is 1. The number of hydrogen-bond donors (Lipinski definition) is 2. The van der Waals surface area contributed by atoms with E-state index in [1.54, 1.807) is 12.1 Å². The molecular weight excluding hydrogens is 201 g/mol. The van der Waals surface area contributed by atoms with Gasteiger partial charge in [0.05, 0.1) is 0 Å². The molecular formula is C12H18BNO2. The third kappa shape index (κ3) is 2.64. The van der Waals surface area contributed by atoms with Crippen LogP contribution in [0.4, 0.5) is 0 Å². The van der Waals surface area contributed by atoms with Crippen LogP contribution in [0.2, 0.25) is 0 Å². The summed E-state index contributed by atoms with van der Waals surface area (Å²) in [5, 5.41) is 18.0. The quantitative estimate of drug-likeness (QED) is 0.697. The molecule has 0 aromatic heterocycles. The molecule has 1 heterocycles. The maximum atomic E-state index is 9.01. The average molecular weight is 219 g/mol. The van der Waals surface area contributed by atoms with Crippen molar-refractivity contribution in [1.29, 1.82) is 0 Å². The minimum Gasteiger partial charge on any atom is -0.423 e. The van der Waals surface area contributed by atoms with E-state index in [4.69, 9.17) is 10.0 Å². The lowest BCUT2D eigenvalue weighted by Gasteiger charge is -2.29. The molecule has 0 saturated carbocycles. The van der Waals surface area contributed by atoms with Crippen LogP contribution in [0.3, 0.4) is 0 Å². The summed E-state index contributed by atoms with van der Waals surface area (Å²) in [5.41, 5.74) is 1.88. The minimum atomic E-state index is -1.36. The molecule has 0 spiro atoms. The van der Waals surface area contributed by atoms with Gasteiger partial charge in [-0.3, -0.25) is 0 Å². The predicted octanol–water partition coefficient (Wildman–Crippen LogP) is 0.176. The lowest BCUT2D eigenvalue weighted by atomic mass is 9.79. The lowest BCUT2D eigenvalue weighted by Crippen LogP contribution is -2.31. The summed E-state index contributed by atoms with van der Waals surface area (Å²) in [4.78, 5) is 2.35. The Hall–Kier alpha value is -0.835. The zero-order valence-electron chi connectivity index (χ0n) is 9.63. The minimum absolute atomic E-state index is 0.566. The highest BCUT2D eigenvalue weighted by atomic mass is 16.4. The van der Waals surface area contributed by atoms with Crippen molar-refractivity contribution in [2.75, 3.05) is 20.1 Å². The molecule has 4 heteroatoms. The molecule has 16 heavy (non-hydrogen) atoms. The maximum Gasteiger partial charge on any atom is 0.488 e. The Morgan fingerprint density at radius 2 is 1.69 bits per heavy atom. The Balaban J connectivity index is 2.04. The van der Waals surface area contributed by atoms with Crippen molar-refractivity contribution in [3.63, 3.8) is 0 Å². The number of piperidine rings is 1. The van der Waals surface area contributed by atoms with Gasteiger partial charge in [0.15, 0.2) is 0 Å². The van der Waals surface area contributed by atoms with Crippen molar-refractivity contribution in [3.05, 3.63) is 29.8 Å². The average Bonchev–Trinajstić information content (AvgIpc) is 2.30. The number of benzene rings is 1. The molecule has 86 valence electrons. The Labute approximate surface area is 96.9 Å². The van der Waals surface area contributed by atoms with Crippen LogP contribution >= 0.6 is 0 Å². The van der Waals surface area contributed by atoms with E-state index in [9.17, 15) is 0 Å². The van der Waals surface area contributed by atoms with Crippen LogP contribution in [0.15, 0.2) is 24.3 Å². The molecule has 1 aromatic carbocycles. The molecule has 1 aliphatic heterocycles. The van der Waals surface area contributed by atoms with Gasteiger partial charge in [-0.1, -0.05) is 24.3 Å². The molecule has 3 nitrogen and oxygen atoms in total. The molecule has 1 aromatic rings. The summed E-state index contributed by atoms with van der Waals surface area (Å²) in [5.74, 6) is 0.626. The van der Waals surface area contributed by atoms with Gasteiger partial charge >= 0.3 is 7.12 Å². The standard InChI is InChI=1S/C12H18BNO2/c1-14-8-6-11(7-9-14)10-2-4-12(5-3-10)13(15)16/h2-5,11,15-16H,6-9H2,1H3. The molecule has 0 radical (unpaired) electrons. The molecule has 0 bridgehead atoms. The van der Waals surface area contributed by atoms with Gasteiger partial charge in [-0.25, -0.2) is 0 Å². The van der Waals surface area contributed by atoms with Crippen LogP contribution in [-0.4, -0.2) is 42.2 Å². The van der Waals surface area contributed by atoms with Crippen LogP contribution in [0.25, 0.3) is 0 Å². The first-order valence-electron chi connectivity index (χ1n) is 5.81. The normalized spacial score (nSPS) is 18.7. The van der Waals surface area contributed by atoms with E-state index in [2.05, 4.69) is 11.9 Å². The van der Waals surface area contributed by atoms with Crippen LogP contribution in [0.5, 0.6) is 0 Å². The molecule has 1 fully saturated rings. The summed E-state index contributed by atoms with van der Waals surface area (Å²) in [6.45, 7) is 2.30. The van der Waals surface area contributed by atoms with Crippen LogP contribution in [0.1, 0.15) is 24.3 Å². The molecule has 0 atom stereocenters. The summed E-state index contributed by atoms with van der Waals surface area (Å²) in [6.07, 6.45) is 2.38. The lowest BCUT2D eigenvalue weighted by molar-refractivity contribution is 0.255. The fourth-order valence-corrected chi connectivity index (χ4v) is 2.28. The van der Waals surface area contributed by atoms with Gasteiger partial charge in [-0.2, -0.15) is 0 Å². The fraction of sp³-hybridized carbons (Fsp3) is 0.500. The highest BCUT2D eigenvalue weighted by Gasteiger charge is 2.18. The Bertz CT molecular complexity index is 331. The second-order valence-corrected chi connectivity index (χ2v) is 4.62. The van der Waals surface area contributed by atoms with Crippen molar-refractivity contribution in [3.8, 4) is 0 Å². The predicted molar refractivity (Wildman–Crippen MR) is 65.7 cm³/mol. The second kappa shape index (κ2) is 5.00. The smallest absolute Gasteiger partial charge is 0.423 e. The van der Waals surface area contributed by atoms with Gasteiger partial charge in [0.25, 0.3) is 0 Å². The Kier molecular flexibility index (Phi) is 3.64. The number of hydrogen-bond acceptors (Lipinski definition) is 3. The van der Waals surface area contributed by atoms with Crippen LogP contribution in [-0.2, 0) is 0 Å². The zero-order valence-corrected chi connectivity index (χ0v) is 9.63. The number of likely N-dealkylation sites (tertiary alicyclic amines) is 1. The third-order valence-corrected chi connectivity index (χ3v) is 3.42. The molecule has 0 unspecified atom stereocenters. The van der Waals surface area contributed by atoms with Gasteiger partial charge in [0, 0.05) is 0 Å². The van der Waals surface area contributed by atoms with Gasteiger partial charge < -0.3 is 14.9 Å². The van der Waals surface area contributed by atoms with Gasteiger partial charge in [-0.05, 0) is 49.9 Å². The Morgan fingerprint density at radius 3 is 2.19 bits per heavy atom. The van der Waals surface area contributed by atoms with E-state index in [0.29, 0.717) is 11.4 Å². The summed E-state index contributed by atoms with van der Waals surface area (Å²) >= 11 is 0. The molecule has 0 amide bonds. The maximum absolute atomic E-state index is 9.01. The molecule has 0 aliphatic carbocycles. The van der Waals surface area contributed by atoms with Crippen molar-refractivity contribution >= 4 is 12.6 Å². The van der Waals surface area contributed by atoms with Crippen molar-refractivity contribution in [2.45, 2.75) is 18.8 Å². The van der Waals surface area contributed by atoms with E-state index in [1.807, 2.05) is 12.1 Å². The van der Waals surface area contributed by atoms with Gasteiger partial charge in [0.2, 0.25) is 0 Å². The fourth-order valence-electron chi connectivity index (χ4n) is 2.28. The van der Waals surface area contributed by atoms with Gasteiger partial charge in [0.1, 0.15) is 0 Å². The van der Waals surface area contributed by atoms with Crippen LogP contribution < -0.4 is 5.46 Å². The highest BCUT2D eigenvalue weighted by molar-refractivity contribution is 6.58. The monoisotopic (exact) mass is 219 g/mol. The molecule has 2 N–H and O–H groups in total. The first kappa shape index (κ1) is 11.6. The summed E-state index contributed by atoms with van der Waals surface area (Å²) in [7, 11) is 0.799. The zero-order chi connectivity index (χ0) is 11.5. The first-order valence-corrected chi connectivity index (χ1v) is 5.81. The number of rotatable bonds is 2. The van der Waals surface area contributed by atoms with E-state index in [0.717, 1.165) is 13.1 Å². The van der Waals surface area contributed by atoms with E-state index in [-0.39, 0.29) is 0 Å². The summed E-state index contributed by atoms with van der Waals surface area (Å²) in [6, 6.07) is 7.64. The molecule has 2 rings (SSSR count). The summed E-state index contributed by atoms with van der Waals surface area (Å²) < 4.78 is 0. The molecule has 1 saturated heterocycles. The SMILES string of the molecule is CN1CCC(c2ccc(B(O)O)cc2)CC1. The first-order chi connectivity index (χ1) is 7.66. The highest BCUT2D eigenvalue weighted by Crippen LogP contribution is 2.26. The van der Waals surface area contributed by atoms with Crippen molar-refractivity contribution in [1.82, 2.24) is 4.90 Å². The second-order valence-electron chi connectivity index (χ2n) is 4.62. The topological polar surface area (TPSA) is 43.7 Å². The van der Waals surface area contributed by atoms with Crippen molar-refractivity contribution in [2.24, 2.45) is 0 Å². The van der Waals surface area contributed by atoms with Crippen LogP contribution in [0, 0.1) is 0 Å². The van der Waals surface area contributed by atoms with Gasteiger partial charge in [-0.15, -0.1) is 0 Å². The van der Waals surface area contributed by atoms with Crippen molar-refractivity contribution < 1.29 is 10.0 Å². The largest absolute Gasteiger partial charge is 0.488 e. The Morgan fingerprint density at radius 1 is 1.12 bits per heavy atom.